The van der Waals surface area contributed by atoms with Gasteiger partial charge in [0, 0.05) is 17.7 Å². The van der Waals surface area contributed by atoms with Crippen molar-refractivity contribution in [1.29, 1.82) is 0 Å². The topological polar surface area (TPSA) is 107 Å². The summed E-state index contributed by atoms with van der Waals surface area (Å²) in [6, 6.07) is 14.2. The van der Waals surface area contributed by atoms with Gasteiger partial charge in [-0.15, -0.1) is 0 Å². The van der Waals surface area contributed by atoms with Gasteiger partial charge < -0.3 is 15.4 Å². The fraction of sp³-hybridized carbons (Fsp3) is 0.273. The zero-order chi connectivity index (χ0) is 20.8. The maximum Gasteiger partial charge on any atom is 0.339 e. The van der Waals surface area contributed by atoms with Crippen LogP contribution < -0.4 is 5.73 Å². The van der Waals surface area contributed by atoms with Crippen LogP contribution in [0.4, 0.5) is 0 Å². The molecule has 7 heteroatoms. The third kappa shape index (κ3) is 4.68. The van der Waals surface area contributed by atoms with E-state index in [9.17, 15) is 19.2 Å². The van der Waals surface area contributed by atoms with Crippen molar-refractivity contribution in [3.8, 4) is 0 Å². The summed E-state index contributed by atoms with van der Waals surface area (Å²) in [6.45, 7) is -0.121. The van der Waals surface area contributed by atoms with Crippen LogP contribution in [0.25, 0.3) is 0 Å². The summed E-state index contributed by atoms with van der Waals surface area (Å²) in [7, 11) is 0. The third-order valence-corrected chi connectivity index (χ3v) is 4.91. The predicted octanol–water partition coefficient (Wildman–Crippen LogP) is 1.94. The van der Waals surface area contributed by atoms with Crippen molar-refractivity contribution in [2.75, 3.05) is 13.2 Å². The lowest BCUT2D eigenvalue weighted by Gasteiger charge is -2.33. The number of benzene rings is 2. The highest BCUT2D eigenvalue weighted by Gasteiger charge is 2.31. The number of piperidine rings is 1. The molecule has 0 aliphatic carbocycles. The van der Waals surface area contributed by atoms with Gasteiger partial charge in [-0.2, -0.15) is 0 Å². The Kier molecular flexibility index (Phi) is 6.39. The molecule has 1 aliphatic rings. The molecule has 0 bridgehead atoms. The van der Waals surface area contributed by atoms with Gasteiger partial charge in [0.25, 0.3) is 5.91 Å². The van der Waals surface area contributed by atoms with Crippen molar-refractivity contribution < 1.29 is 23.9 Å². The second-order valence-electron chi connectivity index (χ2n) is 6.82. The highest BCUT2D eigenvalue weighted by Crippen LogP contribution is 2.18. The quantitative estimate of drug-likeness (QED) is 0.595. The summed E-state index contributed by atoms with van der Waals surface area (Å²) in [6.07, 6.45) is 2.08. The van der Waals surface area contributed by atoms with Crippen molar-refractivity contribution in [1.82, 2.24) is 4.90 Å². The lowest BCUT2D eigenvalue weighted by Crippen LogP contribution is -2.51. The van der Waals surface area contributed by atoms with Crippen molar-refractivity contribution in [3.63, 3.8) is 0 Å². The van der Waals surface area contributed by atoms with Gasteiger partial charge in [-0.3, -0.25) is 14.4 Å². The number of ketones is 1. The van der Waals surface area contributed by atoms with Crippen LogP contribution in [0.5, 0.6) is 0 Å². The molecule has 2 amide bonds. The molecule has 0 radical (unpaired) electrons. The molecule has 0 unspecified atom stereocenters. The number of amides is 2. The van der Waals surface area contributed by atoms with Crippen LogP contribution in [0.1, 0.15) is 45.5 Å². The first-order valence-electron chi connectivity index (χ1n) is 9.43. The van der Waals surface area contributed by atoms with Gasteiger partial charge in [0.1, 0.15) is 6.04 Å². The molecule has 0 aromatic heterocycles. The van der Waals surface area contributed by atoms with E-state index < -0.39 is 30.4 Å². The predicted molar refractivity (Wildman–Crippen MR) is 105 cm³/mol. The van der Waals surface area contributed by atoms with Crippen molar-refractivity contribution in [2.24, 2.45) is 5.73 Å². The van der Waals surface area contributed by atoms with E-state index in [0.717, 1.165) is 12.8 Å². The van der Waals surface area contributed by atoms with Gasteiger partial charge in [0.15, 0.2) is 12.4 Å². The molecule has 0 spiro atoms. The van der Waals surface area contributed by atoms with E-state index in [1.807, 2.05) is 0 Å². The average Bonchev–Trinajstić information content (AvgIpc) is 2.77. The summed E-state index contributed by atoms with van der Waals surface area (Å²) < 4.78 is 5.16. The lowest BCUT2D eigenvalue weighted by atomic mass is 9.98. The van der Waals surface area contributed by atoms with Crippen molar-refractivity contribution in [3.05, 3.63) is 71.3 Å². The number of likely N-dealkylation sites (tertiary alicyclic amines) is 1. The van der Waals surface area contributed by atoms with E-state index in [-0.39, 0.29) is 16.9 Å². The third-order valence-electron chi connectivity index (χ3n) is 4.91. The normalized spacial score (nSPS) is 16.1. The Labute approximate surface area is 168 Å². The Hall–Kier alpha value is -3.48. The number of primary amides is 1. The summed E-state index contributed by atoms with van der Waals surface area (Å²) in [4.78, 5) is 50.7. The van der Waals surface area contributed by atoms with Crippen LogP contribution >= 0.6 is 0 Å². The Morgan fingerprint density at radius 2 is 1.59 bits per heavy atom. The van der Waals surface area contributed by atoms with Gasteiger partial charge in [0.2, 0.25) is 5.91 Å². The summed E-state index contributed by atoms with van der Waals surface area (Å²) in [5.41, 5.74) is 6.10. The summed E-state index contributed by atoms with van der Waals surface area (Å²) in [5, 5.41) is 0. The van der Waals surface area contributed by atoms with Crippen LogP contribution in [0.15, 0.2) is 54.6 Å². The molecule has 2 aromatic rings. The number of esters is 1. The molecule has 1 atom stereocenters. The first kappa shape index (κ1) is 20.3. The van der Waals surface area contributed by atoms with E-state index in [0.29, 0.717) is 18.5 Å². The molecule has 150 valence electrons. The maximum atomic E-state index is 12.7. The minimum Gasteiger partial charge on any atom is -0.452 e. The second-order valence-corrected chi connectivity index (χ2v) is 6.82. The standard InChI is InChI=1S/C22H22N2O5/c23-21(27)18-12-6-7-13-24(18)19(25)14-29-22(28)17-11-5-4-10-16(17)20(26)15-8-2-1-3-9-15/h1-5,8-11,18H,6-7,12-14H2,(H2,23,27)/t18-/m1/s1. The number of ether oxygens (including phenoxy) is 1. The maximum absolute atomic E-state index is 12.7. The van der Waals surface area contributed by atoms with E-state index >= 15 is 0 Å². The number of nitrogens with zero attached hydrogens (tertiary/aromatic N) is 1. The van der Waals surface area contributed by atoms with Crippen LogP contribution in [-0.4, -0.2) is 47.7 Å². The van der Waals surface area contributed by atoms with Crippen molar-refractivity contribution in [2.45, 2.75) is 25.3 Å². The van der Waals surface area contributed by atoms with Gasteiger partial charge in [-0.1, -0.05) is 48.5 Å². The van der Waals surface area contributed by atoms with Crippen LogP contribution in [0, 0.1) is 0 Å². The first-order valence-corrected chi connectivity index (χ1v) is 9.43. The summed E-state index contributed by atoms with van der Waals surface area (Å²) in [5.74, 6) is -2.13. The molecule has 1 aliphatic heterocycles. The smallest absolute Gasteiger partial charge is 0.339 e. The minimum atomic E-state index is -0.772. The first-order chi connectivity index (χ1) is 14.0. The van der Waals surface area contributed by atoms with Crippen LogP contribution in [0.3, 0.4) is 0 Å². The Balaban J connectivity index is 1.71. The van der Waals surface area contributed by atoms with E-state index in [1.165, 1.54) is 11.0 Å². The fourth-order valence-corrected chi connectivity index (χ4v) is 3.42. The Morgan fingerprint density at radius 1 is 0.931 bits per heavy atom. The molecule has 1 saturated heterocycles. The van der Waals surface area contributed by atoms with Crippen LogP contribution in [0.2, 0.25) is 0 Å². The van der Waals surface area contributed by atoms with E-state index in [2.05, 4.69) is 0 Å². The van der Waals surface area contributed by atoms with Gasteiger partial charge in [-0.05, 0) is 25.3 Å². The molecule has 7 nitrogen and oxygen atoms in total. The monoisotopic (exact) mass is 394 g/mol. The Bertz CT molecular complexity index is 926. The molecule has 3 rings (SSSR count). The molecule has 2 N–H and O–H groups in total. The molecule has 1 fully saturated rings. The van der Waals surface area contributed by atoms with Crippen LogP contribution in [-0.2, 0) is 14.3 Å². The number of nitrogens with two attached hydrogens (primary N) is 1. The average molecular weight is 394 g/mol. The molecule has 0 saturated carbocycles. The zero-order valence-electron chi connectivity index (χ0n) is 15.9. The number of hydrogen-bond acceptors (Lipinski definition) is 5. The molecule has 29 heavy (non-hydrogen) atoms. The number of hydrogen-bond donors (Lipinski definition) is 1. The zero-order valence-corrected chi connectivity index (χ0v) is 15.9. The van der Waals surface area contributed by atoms with E-state index in [1.54, 1.807) is 48.5 Å². The van der Waals surface area contributed by atoms with Gasteiger partial charge in [-0.25, -0.2) is 4.79 Å². The van der Waals surface area contributed by atoms with Gasteiger partial charge in [0.05, 0.1) is 5.56 Å². The van der Waals surface area contributed by atoms with Gasteiger partial charge >= 0.3 is 5.97 Å². The molecular weight excluding hydrogens is 372 g/mol. The SMILES string of the molecule is NC(=O)[C@H]1CCCCN1C(=O)COC(=O)c1ccccc1C(=O)c1ccccc1. The highest BCUT2D eigenvalue weighted by atomic mass is 16.5. The minimum absolute atomic E-state index is 0.0826. The number of carbonyl (C=O) groups is 4. The van der Waals surface area contributed by atoms with Crippen molar-refractivity contribution >= 4 is 23.6 Å². The highest BCUT2D eigenvalue weighted by molar-refractivity contribution is 6.14. The molecule has 1 heterocycles. The Morgan fingerprint density at radius 3 is 2.28 bits per heavy atom. The fourth-order valence-electron chi connectivity index (χ4n) is 3.42. The second kappa shape index (κ2) is 9.14. The van der Waals surface area contributed by atoms with E-state index in [4.69, 9.17) is 10.5 Å². The lowest BCUT2D eigenvalue weighted by molar-refractivity contribution is -0.143. The summed E-state index contributed by atoms with van der Waals surface area (Å²) >= 11 is 0. The molecule has 2 aromatic carbocycles. The number of carbonyl (C=O) groups excluding carboxylic acids is 4. The number of rotatable bonds is 6. The largest absolute Gasteiger partial charge is 0.452 e. The molecular formula is C22H22N2O5.